The van der Waals surface area contributed by atoms with Gasteiger partial charge in [0.1, 0.15) is 22.5 Å². The summed E-state index contributed by atoms with van der Waals surface area (Å²) in [5, 5.41) is 31.7. The Labute approximate surface area is 128 Å². The zero-order valence-corrected chi connectivity index (χ0v) is 12.1. The van der Waals surface area contributed by atoms with Crippen molar-refractivity contribution in [2.24, 2.45) is 0 Å². The van der Waals surface area contributed by atoms with Gasteiger partial charge in [0.15, 0.2) is 0 Å². The lowest BCUT2D eigenvalue weighted by Gasteiger charge is -2.07. The van der Waals surface area contributed by atoms with Crippen molar-refractivity contribution in [2.75, 3.05) is 12.0 Å². The molecule has 0 amide bonds. The van der Waals surface area contributed by atoms with Gasteiger partial charge in [-0.05, 0) is 24.5 Å². The number of benzene rings is 1. The fourth-order valence-electron chi connectivity index (χ4n) is 1.84. The third kappa shape index (κ3) is 2.59. The predicted molar refractivity (Wildman–Crippen MR) is 78.4 cm³/mol. The standard InChI is InChI=1S/C13H10N4O4S/c1-22-11-9(5-14)10(15)17(16-11)8-3-6(12(18)19)2-7(4-8)13(20)21/h2-4H,15H2,1H3,(H,18,19)(H,20,21). The molecule has 0 bridgehead atoms. The lowest BCUT2D eigenvalue weighted by atomic mass is 10.1. The summed E-state index contributed by atoms with van der Waals surface area (Å²) in [6.07, 6.45) is 1.71. The van der Waals surface area contributed by atoms with Crippen LogP contribution in [0.25, 0.3) is 5.69 Å². The third-order valence-electron chi connectivity index (χ3n) is 2.85. The number of hydrogen-bond donors (Lipinski definition) is 3. The highest BCUT2D eigenvalue weighted by Gasteiger charge is 2.18. The van der Waals surface area contributed by atoms with Crippen molar-refractivity contribution in [3.05, 3.63) is 34.9 Å². The monoisotopic (exact) mass is 318 g/mol. The first-order valence-corrected chi connectivity index (χ1v) is 7.06. The third-order valence-corrected chi connectivity index (χ3v) is 3.52. The molecule has 1 aromatic carbocycles. The molecule has 112 valence electrons. The van der Waals surface area contributed by atoms with E-state index in [0.29, 0.717) is 5.03 Å². The van der Waals surface area contributed by atoms with Crippen LogP contribution in [-0.2, 0) is 0 Å². The zero-order valence-electron chi connectivity index (χ0n) is 11.3. The molecule has 1 aromatic heterocycles. The molecule has 2 aromatic rings. The lowest BCUT2D eigenvalue weighted by Crippen LogP contribution is -2.08. The Balaban J connectivity index is 2.72. The van der Waals surface area contributed by atoms with Gasteiger partial charge in [0, 0.05) is 0 Å². The topological polar surface area (TPSA) is 142 Å². The highest BCUT2D eigenvalue weighted by atomic mass is 32.2. The summed E-state index contributed by atoms with van der Waals surface area (Å²) in [5.41, 5.74) is 5.73. The van der Waals surface area contributed by atoms with Crippen molar-refractivity contribution >= 4 is 29.5 Å². The first kappa shape index (κ1) is 15.4. The summed E-state index contributed by atoms with van der Waals surface area (Å²) in [5.74, 6) is -2.54. The summed E-state index contributed by atoms with van der Waals surface area (Å²) in [6.45, 7) is 0. The zero-order chi connectivity index (χ0) is 16.4. The van der Waals surface area contributed by atoms with Crippen molar-refractivity contribution in [2.45, 2.75) is 5.03 Å². The molecule has 2 rings (SSSR count). The van der Waals surface area contributed by atoms with E-state index in [-0.39, 0.29) is 28.2 Å². The van der Waals surface area contributed by atoms with E-state index in [2.05, 4.69) is 5.10 Å². The van der Waals surface area contributed by atoms with Gasteiger partial charge in [0.05, 0.1) is 16.8 Å². The van der Waals surface area contributed by atoms with Crippen LogP contribution in [0.4, 0.5) is 5.82 Å². The van der Waals surface area contributed by atoms with Crippen LogP contribution in [-0.4, -0.2) is 38.2 Å². The number of carboxylic acids is 2. The maximum absolute atomic E-state index is 11.1. The van der Waals surface area contributed by atoms with E-state index in [1.54, 1.807) is 6.26 Å². The van der Waals surface area contributed by atoms with E-state index in [0.717, 1.165) is 10.7 Å². The van der Waals surface area contributed by atoms with Crippen molar-refractivity contribution in [3.8, 4) is 11.8 Å². The van der Waals surface area contributed by atoms with E-state index >= 15 is 0 Å². The second-order valence-electron chi connectivity index (χ2n) is 4.17. The number of nitrogens with zero attached hydrogens (tertiary/aromatic N) is 3. The average molecular weight is 318 g/mol. The molecule has 0 spiro atoms. The Hall–Kier alpha value is -2.99. The van der Waals surface area contributed by atoms with Gasteiger partial charge in [-0.1, -0.05) is 0 Å². The number of aromatic nitrogens is 2. The summed E-state index contributed by atoms with van der Waals surface area (Å²) in [6, 6.07) is 5.43. The molecule has 8 nitrogen and oxygen atoms in total. The number of aromatic carboxylic acids is 2. The van der Waals surface area contributed by atoms with Gasteiger partial charge >= 0.3 is 11.9 Å². The van der Waals surface area contributed by atoms with Gasteiger partial charge in [0.25, 0.3) is 0 Å². The van der Waals surface area contributed by atoms with E-state index < -0.39 is 11.9 Å². The number of nitriles is 1. The SMILES string of the molecule is CSc1nn(-c2cc(C(=O)O)cc(C(=O)O)c2)c(N)c1C#N. The quantitative estimate of drug-likeness (QED) is 0.719. The molecule has 0 unspecified atom stereocenters. The van der Waals surface area contributed by atoms with Crippen LogP contribution in [0.5, 0.6) is 0 Å². The smallest absolute Gasteiger partial charge is 0.335 e. The fraction of sp³-hybridized carbons (Fsp3) is 0.0769. The maximum atomic E-state index is 11.1. The molecule has 0 aliphatic carbocycles. The number of hydrogen-bond acceptors (Lipinski definition) is 6. The summed E-state index contributed by atoms with van der Waals surface area (Å²) in [4.78, 5) is 22.2. The Morgan fingerprint density at radius 2 is 1.82 bits per heavy atom. The molecule has 9 heteroatoms. The van der Waals surface area contributed by atoms with Crippen molar-refractivity contribution < 1.29 is 19.8 Å². The van der Waals surface area contributed by atoms with E-state index in [4.69, 9.17) is 21.2 Å². The molecule has 4 N–H and O–H groups in total. The van der Waals surface area contributed by atoms with Gasteiger partial charge in [-0.2, -0.15) is 10.4 Å². The molecule has 0 aliphatic heterocycles. The summed E-state index contributed by atoms with van der Waals surface area (Å²) in [7, 11) is 0. The second-order valence-corrected chi connectivity index (χ2v) is 4.97. The van der Waals surface area contributed by atoms with Gasteiger partial charge in [-0.15, -0.1) is 11.8 Å². The molecule has 1 heterocycles. The molecular weight excluding hydrogens is 308 g/mol. The van der Waals surface area contributed by atoms with Crippen LogP contribution in [0.3, 0.4) is 0 Å². The average Bonchev–Trinajstić information content (AvgIpc) is 2.82. The minimum atomic E-state index is -1.28. The number of anilines is 1. The molecule has 0 saturated carbocycles. The van der Waals surface area contributed by atoms with Crippen molar-refractivity contribution in [1.82, 2.24) is 9.78 Å². The number of carbonyl (C=O) groups is 2. The Kier molecular flexibility index (Phi) is 4.05. The van der Waals surface area contributed by atoms with Crippen LogP contribution < -0.4 is 5.73 Å². The number of carboxylic acid groups (broad SMARTS) is 2. The Morgan fingerprint density at radius 1 is 1.27 bits per heavy atom. The number of rotatable bonds is 4. The summed E-state index contributed by atoms with van der Waals surface area (Å²) < 4.78 is 1.16. The molecule has 22 heavy (non-hydrogen) atoms. The highest BCUT2D eigenvalue weighted by molar-refractivity contribution is 7.98. The van der Waals surface area contributed by atoms with Crippen LogP contribution in [0.2, 0.25) is 0 Å². The first-order chi connectivity index (χ1) is 10.4. The second kappa shape index (κ2) is 5.79. The predicted octanol–water partition coefficient (Wildman–Crippen LogP) is 1.44. The van der Waals surface area contributed by atoms with Crippen molar-refractivity contribution in [3.63, 3.8) is 0 Å². The normalized spacial score (nSPS) is 10.2. The minimum Gasteiger partial charge on any atom is -0.478 e. The summed E-state index contributed by atoms with van der Waals surface area (Å²) >= 11 is 1.20. The van der Waals surface area contributed by atoms with Crippen molar-refractivity contribution in [1.29, 1.82) is 5.26 Å². The van der Waals surface area contributed by atoms with Crippen LogP contribution in [0, 0.1) is 11.3 Å². The molecular formula is C13H10N4O4S. The van der Waals surface area contributed by atoms with Crippen LogP contribution in [0.1, 0.15) is 26.3 Å². The Bertz CT molecular complexity index is 790. The minimum absolute atomic E-state index is 0.0192. The molecule has 0 radical (unpaired) electrons. The van der Waals surface area contributed by atoms with Gasteiger partial charge < -0.3 is 15.9 Å². The molecule has 0 saturated heterocycles. The molecule has 0 atom stereocenters. The van der Waals surface area contributed by atoms with E-state index in [1.807, 2.05) is 6.07 Å². The van der Waals surface area contributed by atoms with Crippen LogP contribution in [0.15, 0.2) is 23.2 Å². The van der Waals surface area contributed by atoms with Gasteiger partial charge in [-0.25, -0.2) is 14.3 Å². The lowest BCUT2D eigenvalue weighted by molar-refractivity contribution is 0.0696. The number of nitrogen functional groups attached to an aromatic ring is 1. The first-order valence-electron chi connectivity index (χ1n) is 5.83. The van der Waals surface area contributed by atoms with E-state index in [9.17, 15) is 9.59 Å². The molecule has 0 fully saturated rings. The van der Waals surface area contributed by atoms with E-state index in [1.165, 1.54) is 23.9 Å². The fourth-order valence-corrected chi connectivity index (χ4v) is 2.35. The number of thioether (sulfide) groups is 1. The van der Waals surface area contributed by atoms with Crippen LogP contribution >= 0.6 is 11.8 Å². The van der Waals surface area contributed by atoms with Gasteiger partial charge in [0.2, 0.25) is 0 Å². The highest BCUT2D eigenvalue weighted by Crippen LogP contribution is 2.27. The Morgan fingerprint density at radius 3 is 2.18 bits per heavy atom. The maximum Gasteiger partial charge on any atom is 0.335 e. The largest absolute Gasteiger partial charge is 0.478 e. The van der Waals surface area contributed by atoms with Gasteiger partial charge in [-0.3, -0.25) is 0 Å². The number of nitrogens with two attached hydrogens (primary N) is 1. The molecule has 0 aliphatic rings.